The maximum atomic E-state index is 12.4. The summed E-state index contributed by atoms with van der Waals surface area (Å²) in [5.74, 6) is 0.138. The van der Waals surface area contributed by atoms with Gasteiger partial charge >= 0.3 is 0 Å². The summed E-state index contributed by atoms with van der Waals surface area (Å²) >= 11 is 1.58. The van der Waals surface area contributed by atoms with Gasteiger partial charge in [-0.1, -0.05) is 0 Å². The second-order valence-electron chi connectivity index (χ2n) is 5.77. The molecule has 0 radical (unpaired) electrons. The first-order valence-electron chi connectivity index (χ1n) is 7.52. The summed E-state index contributed by atoms with van der Waals surface area (Å²) < 4.78 is 1.97. The molecule has 3 heterocycles. The Hall–Kier alpha value is -1.89. The first-order chi connectivity index (χ1) is 10.5. The number of thiazole rings is 1. The third-order valence-corrected chi connectivity index (χ3v) is 5.00. The lowest BCUT2D eigenvalue weighted by atomic mass is 9.95. The molecule has 0 saturated carbocycles. The predicted molar refractivity (Wildman–Crippen MR) is 84.6 cm³/mol. The smallest absolute Gasteiger partial charge is 0.223 e. The highest BCUT2D eigenvalue weighted by atomic mass is 32.1. The van der Waals surface area contributed by atoms with Crippen LogP contribution in [0.1, 0.15) is 38.4 Å². The Balaban J connectivity index is 1.57. The predicted octanol–water partition coefficient (Wildman–Crippen LogP) is 1.83. The van der Waals surface area contributed by atoms with Crippen molar-refractivity contribution in [1.82, 2.24) is 19.6 Å². The molecule has 1 atom stereocenters. The quantitative estimate of drug-likeness (QED) is 0.938. The van der Waals surface area contributed by atoms with Crippen molar-refractivity contribution in [2.24, 2.45) is 5.92 Å². The average Bonchev–Trinajstić information content (AvgIpc) is 3.08. The van der Waals surface area contributed by atoms with Crippen molar-refractivity contribution in [2.45, 2.75) is 32.7 Å². The first kappa shape index (κ1) is 15.0. The van der Waals surface area contributed by atoms with Crippen LogP contribution < -0.4 is 5.32 Å². The molecule has 6 nitrogen and oxygen atoms in total. The van der Waals surface area contributed by atoms with E-state index in [0.29, 0.717) is 13.1 Å². The van der Waals surface area contributed by atoms with Gasteiger partial charge in [0.05, 0.1) is 11.7 Å². The monoisotopic (exact) mass is 320 g/mol. The van der Waals surface area contributed by atoms with Crippen LogP contribution >= 0.6 is 11.3 Å². The van der Waals surface area contributed by atoms with E-state index in [2.05, 4.69) is 10.3 Å². The molecule has 0 bridgehead atoms. The van der Waals surface area contributed by atoms with Gasteiger partial charge in [-0.05, 0) is 19.8 Å². The summed E-state index contributed by atoms with van der Waals surface area (Å²) in [6.07, 6.45) is 5.38. The van der Waals surface area contributed by atoms with Crippen LogP contribution in [0.25, 0.3) is 4.96 Å². The van der Waals surface area contributed by atoms with Crippen molar-refractivity contribution < 1.29 is 9.59 Å². The van der Waals surface area contributed by atoms with Gasteiger partial charge in [0, 0.05) is 43.7 Å². The number of aromatic nitrogens is 2. The number of imidazole rings is 1. The van der Waals surface area contributed by atoms with E-state index in [1.54, 1.807) is 23.2 Å². The maximum Gasteiger partial charge on any atom is 0.223 e. The van der Waals surface area contributed by atoms with Gasteiger partial charge in [0.25, 0.3) is 0 Å². The minimum atomic E-state index is -0.106. The number of fused-ring (bicyclic) bond motifs is 1. The Morgan fingerprint density at radius 3 is 2.77 bits per heavy atom. The molecule has 1 unspecified atom stereocenters. The number of hydrogen-bond acceptors (Lipinski definition) is 4. The Morgan fingerprint density at radius 2 is 2.14 bits per heavy atom. The van der Waals surface area contributed by atoms with Gasteiger partial charge in [-0.2, -0.15) is 0 Å². The van der Waals surface area contributed by atoms with Gasteiger partial charge in [0.15, 0.2) is 4.96 Å². The summed E-state index contributed by atoms with van der Waals surface area (Å²) in [5.41, 5.74) is 0.876. The normalized spacial score (nSPS) is 17.6. The summed E-state index contributed by atoms with van der Waals surface area (Å²) in [5, 5.41) is 5.03. The molecule has 1 N–H and O–H groups in total. The highest BCUT2D eigenvalue weighted by molar-refractivity contribution is 7.15. The van der Waals surface area contributed by atoms with E-state index in [1.165, 1.54) is 0 Å². The lowest BCUT2D eigenvalue weighted by molar-refractivity contribution is -0.134. The molecule has 118 valence electrons. The Kier molecular flexibility index (Phi) is 4.15. The van der Waals surface area contributed by atoms with Gasteiger partial charge in [0.2, 0.25) is 11.8 Å². The molecular weight excluding hydrogens is 300 g/mol. The zero-order valence-corrected chi connectivity index (χ0v) is 13.6. The summed E-state index contributed by atoms with van der Waals surface area (Å²) in [4.78, 5) is 30.9. The number of hydrogen-bond donors (Lipinski definition) is 1. The molecule has 2 aromatic heterocycles. The molecule has 7 heteroatoms. The molecule has 0 spiro atoms. The van der Waals surface area contributed by atoms with Crippen molar-refractivity contribution in [3.05, 3.63) is 23.5 Å². The molecule has 1 fully saturated rings. The first-order valence-corrected chi connectivity index (χ1v) is 8.40. The van der Waals surface area contributed by atoms with Crippen LogP contribution in [-0.2, 0) is 9.59 Å². The van der Waals surface area contributed by atoms with E-state index in [0.717, 1.165) is 23.5 Å². The van der Waals surface area contributed by atoms with Crippen LogP contribution in [0, 0.1) is 5.92 Å². The SMILES string of the molecule is CC(=O)N1CCC(C(=O)NC(C)c2cn3ccsc3n2)CC1. The summed E-state index contributed by atoms with van der Waals surface area (Å²) in [6, 6.07) is -0.106. The fourth-order valence-electron chi connectivity index (χ4n) is 2.82. The second kappa shape index (κ2) is 6.08. The van der Waals surface area contributed by atoms with Gasteiger partial charge in [-0.15, -0.1) is 11.3 Å². The zero-order chi connectivity index (χ0) is 15.7. The molecule has 3 rings (SSSR count). The Morgan fingerprint density at radius 1 is 1.41 bits per heavy atom. The number of piperidine rings is 1. The third-order valence-electron chi connectivity index (χ3n) is 4.23. The van der Waals surface area contributed by atoms with Crippen LogP contribution in [0.15, 0.2) is 17.8 Å². The van der Waals surface area contributed by atoms with Gasteiger partial charge in [-0.25, -0.2) is 4.98 Å². The van der Waals surface area contributed by atoms with E-state index < -0.39 is 0 Å². The van der Waals surface area contributed by atoms with Crippen LogP contribution in [0.2, 0.25) is 0 Å². The Labute approximate surface area is 133 Å². The molecule has 22 heavy (non-hydrogen) atoms. The largest absolute Gasteiger partial charge is 0.348 e. The molecule has 2 aromatic rings. The van der Waals surface area contributed by atoms with Gasteiger partial charge in [-0.3, -0.25) is 14.0 Å². The molecule has 1 saturated heterocycles. The van der Waals surface area contributed by atoms with E-state index >= 15 is 0 Å². The van der Waals surface area contributed by atoms with Gasteiger partial charge < -0.3 is 10.2 Å². The number of likely N-dealkylation sites (tertiary alicyclic amines) is 1. The number of carbonyl (C=O) groups is 2. The van der Waals surface area contributed by atoms with E-state index in [-0.39, 0.29) is 23.8 Å². The van der Waals surface area contributed by atoms with Crippen molar-refractivity contribution >= 4 is 28.1 Å². The molecule has 1 aliphatic heterocycles. The topological polar surface area (TPSA) is 66.7 Å². The maximum absolute atomic E-state index is 12.4. The van der Waals surface area contributed by atoms with E-state index in [9.17, 15) is 9.59 Å². The third kappa shape index (κ3) is 2.99. The molecular formula is C15H20N4O2S. The fourth-order valence-corrected chi connectivity index (χ4v) is 3.52. The van der Waals surface area contributed by atoms with Crippen LogP contribution in [0.5, 0.6) is 0 Å². The number of nitrogens with zero attached hydrogens (tertiary/aromatic N) is 3. The molecule has 1 aliphatic rings. The lowest BCUT2D eigenvalue weighted by Gasteiger charge is -2.31. The summed E-state index contributed by atoms with van der Waals surface area (Å²) in [6.45, 7) is 4.87. The van der Waals surface area contributed by atoms with Crippen LogP contribution in [0.3, 0.4) is 0 Å². The molecule has 0 aromatic carbocycles. The van der Waals surface area contributed by atoms with E-state index in [4.69, 9.17) is 0 Å². The lowest BCUT2D eigenvalue weighted by Crippen LogP contribution is -2.42. The van der Waals surface area contributed by atoms with Crippen molar-refractivity contribution in [2.75, 3.05) is 13.1 Å². The van der Waals surface area contributed by atoms with Crippen molar-refractivity contribution in [3.8, 4) is 0 Å². The minimum absolute atomic E-state index is 0.0122. The summed E-state index contributed by atoms with van der Waals surface area (Å²) in [7, 11) is 0. The highest BCUT2D eigenvalue weighted by Gasteiger charge is 2.27. The number of rotatable bonds is 3. The van der Waals surface area contributed by atoms with Crippen LogP contribution in [-0.4, -0.2) is 39.2 Å². The second-order valence-corrected chi connectivity index (χ2v) is 6.64. The van der Waals surface area contributed by atoms with E-state index in [1.807, 2.05) is 29.1 Å². The van der Waals surface area contributed by atoms with Crippen LogP contribution in [0.4, 0.5) is 0 Å². The van der Waals surface area contributed by atoms with Crippen molar-refractivity contribution in [3.63, 3.8) is 0 Å². The Bertz CT molecular complexity index is 656. The van der Waals surface area contributed by atoms with Crippen molar-refractivity contribution in [1.29, 1.82) is 0 Å². The number of nitrogens with one attached hydrogen (secondary N) is 1. The zero-order valence-electron chi connectivity index (χ0n) is 12.8. The number of amides is 2. The highest BCUT2D eigenvalue weighted by Crippen LogP contribution is 2.20. The molecule has 0 aliphatic carbocycles. The standard InChI is InChI=1S/C15H20N4O2S/c1-10(13-9-19-7-8-22-15(19)17-13)16-14(21)12-3-5-18(6-4-12)11(2)20/h7-10,12H,3-6H2,1-2H3,(H,16,21). The number of carbonyl (C=O) groups excluding carboxylic acids is 2. The fraction of sp³-hybridized carbons (Fsp3) is 0.533. The molecule has 2 amide bonds. The van der Waals surface area contributed by atoms with Gasteiger partial charge in [0.1, 0.15) is 0 Å². The average molecular weight is 320 g/mol. The minimum Gasteiger partial charge on any atom is -0.348 e.